The summed E-state index contributed by atoms with van der Waals surface area (Å²) in [5, 5.41) is 8.48. The number of anilines is 2. The minimum atomic E-state index is -0.288. The molecular formula is C20H24N3O2. The topological polar surface area (TPSA) is 70.2 Å². The smallest absolute Gasteiger partial charge is 0.323 e. The standard InChI is InChI=1S/C20H24N3O2/c1-3-4-9-19(24)21-14-16-10-12-17(13-11-16)22-20(25)23-18-8-6-5-7-15(18)2/h5-8,10-13H,1,3-4,9,14H2,2H3,(H,21,24)(H2,22,23,25). The normalized spacial score (nSPS) is 10.2. The fourth-order valence-electron chi connectivity index (χ4n) is 2.28. The second kappa shape index (κ2) is 9.47. The van der Waals surface area contributed by atoms with Crippen LogP contribution in [0, 0.1) is 13.8 Å². The lowest BCUT2D eigenvalue weighted by Gasteiger charge is -2.10. The van der Waals surface area contributed by atoms with E-state index in [2.05, 4.69) is 22.9 Å². The molecule has 3 N–H and O–H groups in total. The van der Waals surface area contributed by atoms with Crippen molar-refractivity contribution in [2.45, 2.75) is 32.7 Å². The number of para-hydroxylation sites is 1. The highest BCUT2D eigenvalue weighted by Crippen LogP contribution is 2.14. The van der Waals surface area contributed by atoms with Crippen molar-refractivity contribution in [1.82, 2.24) is 5.32 Å². The van der Waals surface area contributed by atoms with Crippen molar-refractivity contribution in [3.63, 3.8) is 0 Å². The number of carbonyl (C=O) groups is 2. The molecule has 0 aliphatic carbocycles. The lowest BCUT2D eigenvalue weighted by molar-refractivity contribution is -0.121. The average Bonchev–Trinajstić information content (AvgIpc) is 2.61. The first-order chi connectivity index (χ1) is 12.1. The Balaban J connectivity index is 1.82. The summed E-state index contributed by atoms with van der Waals surface area (Å²) in [5.74, 6) is 0.0310. The van der Waals surface area contributed by atoms with Crippen LogP contribution in [0.1, 0.15) is 30.4 Å². The van der Waals surface area contributed by atoms with Gasteiger partial charge in [0.2, 0.25) is 5.91 Å². The van der Waals surface area contributed by atoms with Gasteiger partial charge in [-0.2, -0.15) is 0 Å². The van der Waals surface area contributed by atoms with Gasteiger partial charge in [-0.05, 0) is 42.7 Å². The fraction of sp³-hybridized carbons (Fsp3) is 0.250. The fourth-order valence-corrected chi connectivity index (χ4v) is 2.28. The van der Waals surface area contributed by atoms with Crippen LogP contribution < -0.4 is 16.0 Å². The zero-order valence-corrected chi connectivity index (χ0v) is 14.5. The molecular weight excluding hydrogens is 314 g/mol. The summed E-state index contributed by atoms with van der Waals surface area (Å²) in [5.41, 5.74) is 3.45. The van der Waals surface area contributed by atoms with E-state index in [1.54, 1.807) is 0 Å². The van der Waals surface area contributed by atoms with E-state index in [0.29, 0.717) is 18.7 Å². The van der Waals surface area contributed by atoms with Crippen LogP contribution in [0.4, 0.5) is 16.2 Å². The number of amides is 3. The molecule has 0 aliphatic rings. The summed E-state index contributed by atoms with van der Waals surface area (Å²) in [6.45, 7) is 6.14. The van der Waals surface area contributed by atoms with Crippen LogP contribution in [-0.2, 0) is 11.3 Å². The first kappa shape index (κ1) is 18.5. The Morgan fingerprint density at radius 3 is 2.40 bits per heavy atom. The molecule has 0 fully saturated rings. The Bertz CT molecular complexity index is 711. The average molecular weight is 338 g/mol. The van der Waals surface area contributed by atoms with Gasteiger partial charge in [-0.3, -0.25) is 4.79 Å². The summed E-state index contributed by atoms with van der Waals surface area (Å²) < 4.78 is 0. The number of hydrogen-bond donors (Lipinski definition) is 3. The molecule has 0 aromatic heterocycles. The number of urea groups is 1. The van der Waals surface area contributed by atoms with Gasteiger partial charge in [0.15, 0.2) is 0 Å². The zero-order valence-electron chi connectivity index (χ0n) is 14.5. The van der Waals surface area contributed by atoms with E-state index in [0.717, 1.165) is 29.7 Å². The maximum Gasteiger partial charge on any atom is 0.323 e. The zero-order chi connectivity index (χ0) is 18.1. The van der Waals surface area contributed by atoms with Crippen molar-refractivity contribution in [2.75, 3.05) is 10.6 Å². The quantitative estimate of drug-likeness (QED) is 0.706. The maximum absolute atomic E-state index is 12.1. The predicted molar refractivity (Wildman–Crippen MR) is 101 cm³/mol. The Labute approximate surface area is 148 Å². The summed E-state index contributed by atoms with van der Waals surface area (Å²) in [4.78, 5) is 23.6. The van der Waals surface area contributed by atoms with Gasteiger partial charge in [-0.15, -0.1) is 0 Å². The van der Waals surface area contributed by atoms with Crippen LogP contribution in [0.3, 0.4) is 0 Å². The second-order valence-corrected chi connectivity index (χ2v) is 5.82. The van der Waals surface area contributed by atoms with Crippen LogP contribution in [-0.4, -0.2) is 11.9 Å². The van der Waals surface area contributed by atoms with Crippen molar-refractivity contribution in [2.24, 2.45) is 0 Å². The van der Waals surface area contributed by atoms with Crippen LogP contribution in [0.25, 0.3) is 0 Å². The third kappa shape index (κ3) is 6.30. The molecule has 5 nitrogen and oxygen atoms in total. The highest BCUT2D eigenvalue weighted by molar-refractivity contribution is 6.00. The largest absolute Gasteiger partial charge is 0.352 e. The van der Waals surface area contributed by atoms with Crippen molar-refractivity contribution in [3.05, 3.63) is 66.6 Å². The summed E-state index contributed by atoms with van der Waals surface area (Å²) >= 11 is 0. The first-order valence-electron chi connectivity index (χ1n) is 8.37. The lowest BCUT2D eigenvalue weighted by Crippen LogP contribution is -2.22. The summed E-state index contributed by atoms with van der Waals surface area (Å²) in [7, 11) is 0. The molecule has 0 heterocycles. The molecule has 0 saturated heterocycles. The van der Waals surface area contributed by atoms with Crippen LogP contribution in [0.5, 0.6) is 0 Å². The van der Waals surface area contributed by atoms with Crippen molar-refractivity contribution >= 4 is 23.3 Å². The number of rotatable bonds is 7. The summed E-state index contributed by atoms with van der Waals surface area (Å²) in [6, 6.07) is 14.7. The van der Waals surface area contributed by atoms with E-state index >= 15 is 0 Å². The maximum atomic E-state index is 12.1. The number of unbranched alkanes of at least 4 members (excludes halogenated alkanes) is 1. The van der Waals surface area contributed by atoms with E-state index in [9.17, 15) is 9.59 Å². The third-order valence-electron chi connectivity index (χ3n) is 3.75. The molecule has 131 valence electrons. The molecule has 25 heavy (non-hydrogen) atoms. The molecule has 1 radical (unpaired) electrons. The lowest BCUT2D eigenvalue weighted by atomic mass is 10.2. The molecule has 0 unspecified atom stereocenters. The van der Waals surface area contributed by atoms with Gasteiger partial charge in [-0.1, -0.05) is 43.7 Å². The molecule has 2 rings (SSSR count). The van der Waals surface area contributed by atoms with Crippen LogP contribution in [0.15, 0.2) is 48.5 Å². The monoisotopic (exact) mass is 338 g/mol. The van der Waals surface area contributed by atoms with E-state index in [1.165, 1.54) is 0 Å². The van der Waals surface area contributed by atoms with Crippen molar-refractivity contribution in [1.29, 1.82) is 0 Å². The van der Waals surface area contributed by atoms with Crippen LogP contribution in [0.2, 0.25) is 0 Å². The number of carbonyl (C=O) groups excluding carboxylic acids is 2. The van der Waals surface area contributed by atoms with Gasteiger partial charge in [0.05, 0.1) is 0 Å². The van der Waals surface area contributed by atoms with Gasteiger partial charge in [0, 0.05) is 24.3 Å². The van der Waals surface area contributed by atoms with E-state index < -0.39 is 0 Å². The Morgan fingerprint density at radius 2 is 1.72 bits per heavy atom. The van der Waals surface area contributed by atoms with Crippen molar-refractivity contribution < 1.29 is 9.59 Å². The van der Waals surface area contributed by atoms with Gasteiger partial charge in [-0.25, -0.2) is 4.79 Å². The number of benzene rings is 2. The Morgan fingerprint density at radius 1 is 1.00 bits per heavy atom. The minimum absolute atomic E-state index is 0.0310. The predicted octanol–water partition coefficient (Wildman–Crippen LogP) is 4.26. The molecule has 0 bridgehead atoms. The molecule has 2 aromatic carbocycles. The Kier molecular flexibility index (Phi) is 7.01. The van der Waals surface area contributed by atoms with Crippen molar-refractivity contribution in [3.8, 4) is 0 Å². The molecule has 5 heteroatoms. The van der Waals surface area contributed by atoms with Gasteiger partial charge in [0.25, 0.3) is 0 Å². The third-order valence-corrected chi connectivity index (χ3v) is 3.75. The van der Waals surface area contributed by atoms with Gasteiger partial charge < -0.3 is 16.0 Å². The highest BCUT2D eigenvalue weighted by atomic mass is 16.2. The number of nitrogens with one attached hydrogen (secondary N) is 3. The Hall–Kier alpha value is -2.82. The van der Waals surface area contributed by atoms with E-state index in [-0.39, 0.29) is 11.9 Å². The number of aryl methyl sites for hydroxylation is 1. The molecule has 0 atom stereocenters. The van der Waals surface area contributed by atoms with Crippen LogP contribution >= 0.6 is 0 Å². The molecule has 0 saturated carbocycles. The summed E-state index contributed by atoms with van der Waals surface area (Å²) in [6.07, 6.45) is 2.06. The molecule has 2 aromatic rings. The number of hydrogen-bond acceptors (Lipinski definition) is 2. The molecule has 0 spiro atoms. The molecule has 0 aliphatic heterocycles. The first-order valence-corrected chi connectivity index (χ1v) is 8.37. The van der Waals surface area contributed by atoms with Gasteiger partial charge >= 0.3 is 6.03 Å². The van der Waals surface area contributed by atoms with Gasteiger partial charge in [0.1, 0.15) is 0 Å². The minimum Gasteiger partial charge on any atom is -0.352 e. The van der Waals surface area contributed by atoms with E-state index in [4.69, 9.17) is 0 Å². The molecule has 3 amide bonds. The SMILES string of the molecule is [CH2]CCCC(=O)NCc1ccc(NC(=O)Nc2ccccc2C)cc1. The van der Waals surface area contributed by atoms with E-state index in [1.807, 2.05) is 55.5 Å². The highest BCUT2D eigenvalue weighted by Gasteiger charge is 2.05. The second-order valence-electron chi connectivity index (χ2n) is 5.82.